The fourth-order valence-electron chi connectivity index (χ4n) is 3.06. The van der Waals surface area contributed by atoms with E-state index in [2.05, 4.69) is 26.0 Å². The molecular weight excluding hydrogens is 168 g/mol. The number of alkyl halides is 1. The molecule has 0 N–H and O–H groups in total. The average molecular weight is 185 g/mol. The van der Waals surface area contributed by atoms with E-state index in [9.17, 15) is 0 Å². The first kappa shape index (κ1) is 8.62. The van der Waals surface area contributed by atoms with Crippen LogP contribution in [0.3, 0.4) is 0 Å². The van der Waals surface area contributed by atoms with Crippen LogP contribution in [0.5, 0.6) is 0 Å². The highest BCUT2D eigenvalue weighted by atomic mass is 35.5. The largest absolute Gasteiger partial charge is 0.127 e. The summed E-state index contributed by atoms with van der Waals surface area (Å²) in [5.41, 5.74) is 0.918. The van der Waals surface area contributed by atoms with Crippen molar-refractivity contribution in [3.05, 3.63) is 12.2 Å². The van der Waals surface area contributed by atoms with E-state index in [1.807, 2.05) is 0 Å². The van der Waals surface area contributed by atoms with Crippen LogP contribution in [0.15, 0.2) is 12.2 Å². The van der Waals surface area contributed by atoms with Gasteiger partial charge in [-0.15, -0.1) is 11.6 Å². The number of hydrogen-bond acceptors (Lipinski definition) is 0. The Labute approximate surface area is 80.0 Å². The van der Waals surface area contributed by atoms with Crippen molar-refractivity contribution < 1.29 is 0 Å². The summed E-state index contributed by atoms with van der Waals surface area (Å²) >= 11 is 5.86. The van der Waals surface area contributed by atoms with Gasteiger partial charge in [0.15, 0.2) is 0 Å². The van der Waals surface area contributed by atoms with Crippen LogP contribution in [0.25, 0.3) is 0 Å². The van der Waals surface area contributed by atoms with E-state index < -0.39 is 0 Å². The van der Waals surface area contributed by atoms with E-state index in [1.54, 1.807) is 0 Å². The van der Waals surface area contributed by atoms with Crippen LogP contribution in [-0.4, -0.2) is 5.88 Å². The summed E-state index contributed by atoms with van der Waals surface area (Å²) in [5.74, 6) is 1.62. The van der Waals surface area contributed by atoms with Crippen LogP contribution >= 0.6 is 11.6 Å². The Morgan fingerprint density at radius 3 is 2.58 bits per heavy atom. The maximum atomic E-state index is 5.86. The molecule has 2 bridgehead atoms. The molecule has 0 aromatic rings. The molecule has 2 rings (SSSR count). The molecule has 68 valence electrons. The van der Waals surface area contributed by atoms with E-state index in [4.69, 9.17) is 11.6 Å². The number of fused-ring (bicyclic) bond motifs is 2. The van der Waals surface area contributed by atoms with Gasteiger partial charge in [0.25, 0.3) is 0 Å². The minimum atomic E-state index is 0.451. The van der Waals surface area contributed by atoms with E-state index >= 15 is 0 Å². The quantitative estimate of drug-likeness (QED) is 0.455. The van der Waals surface area contributed by atoms with Gasteiger partial charge in [-0.3, -0.25) is 0 Å². The third-order valence-corrected chi connectivity index (χ3v) is 4.60. The minimum Gasteiger partial charge on any atom is -0.127 e. The highest BCUT2D eigenvalue weighted by Gasteiger charge is 2.54. The van der Waals surface area contributed by atoms with Crippen molar-refractivity contribution in [2.75, 3.05) is 5.88 Å². The molecule has 1 fully saturated rings. The Kier molecular flexibility index (Phi) is 1.80. The third kappa shape index (κ3) is 0.849. The lowest BCUT2D eigenvalue weighted by molar-refractivity contribution is 0.148. The molecule has 2 aliphatic carbocycles. The van der Waals surface area contributed by atoms with Crippen molar-refractivity contribution in [2.45, 2.75) is 33.1 Å². The minimum absolute atomic E-state index is 0.451. The third-order valence-electron chi connectivity index (χ3n) is 4.41. The fraction of sp³-hybridized carbons (Fsp3) is 0.818. The monoisotopic (exact) mass is 184 g/mol. The van der Waals surface area contributed by atoms with E-state index in [-0.39, 0.29) is 0 Å². The smallest absolute Gasteiger partial charge is 0.0229 e. The number of halogens is 1. The van der Waals surface area contributed by atoms with Gasteiger partial charge < -0.3 is 0 Å². The highest BCUT2D eigenvalue weighted by Crippen LogP contribution is 2.63. The normalized spacial score (nSPS) is 50.4. The van der Waals surface area contributed by atoms with Gasteiger partial charge in [-0.25, -0.2) is 0 Å². The van der Waals surface area contributed by atoms with E-state index in [1.165, 1.54) is 19.3 Å². The number of hydrogen-bond donors (Lipinski definition) is 0. The Balaban J connectivity index is 2.28. The first-order chi connectivity index (χ1) is 5.62. The Morgan fingerprint density at radius 2 is 2.25 bits per heavy atom. The van der Waals surface area contributed by atoms with Gasteiger partial charge in [0, 0.05) is 5.88 Å². The first-order valence-electron chi connectivity index (χ1n) is 4.88. The second-order valence-electron chi connectivity index (χ2n) is 4.78. The van der Waals surface area contributed by atoms with E-state index in [0.29, 0.717) is 10.8 Å². The Hall–Kier alpha value is 0.0300. The van der Waals surface area contributed by atoms with Crippen molar-refractivity contribution in [1.29, 1.82) is 0 Å². The average Bonchev–Trinajstić information content (AvgIpc) is 2.39. The summed E-state index contributed by atoms with van der Waals surface area (Å²) < 4.78 is 0. The van der Waals surface area contributed by atoms with Crippen molar-refractivity contribution in [2.24, 2.45) is 16.7 Å². The maximum Gasteiger partial charge on any atom is 0.0229 e. The summed E-state index contributed by atoms with van der Waals surface area (Å²) in [5, 5.41) is 0. The SMILES string of the molecule is CC12C=CC(CC1)C2(C)CCCl. The van der Waals surface area contributed by atoms with Gasteiger partial charge in [-0.1, -0.05) is 26.0 Å². The Bertz CT molecular complexity index is 221. The van der Waals surface area contributed by atoms with E-state index in [0.717, 1.165) is 11.8 Å². The molecule has 0 aromatic heterocycles. The molecule has 0 radical (unpaired) electrons. The highest BCUT2D eigenvalue weighted by molar-refractivity contribution is 6.17. The molecule has 1 heteroatoms. The molecule has 3 unspecified atom stereocenters. The first-order valence-corrected chi connectivity index (χ1v) is 5.41. The van der Waals surface area contributed by atoms with Crippen LogP contribution < -0.4 is 0 Å². The summed E-state index contributed by atoms with van der Waals surface area (Å²) in [4.78, 5) is 0. The zero-order valence-corrected chi connectivity index (χ0v) is 8.69. The van der Waals surface area contributed by atoms with Gasteiger partial charge in [0.2, 0.25) is 0 Å². The van der Waals surface area contributed by atoms with Crippen LogP contribution in [0.1, 0.15) is 33.1 Å². The topological polar surface area (TPSA) is 0 Å². The molecule has 1 saturated carbocycles. The molecular formula is C11H17Cl. The maximum absolute atomic E-state index is 5.86. The molecule has 0 nitrogen and oxygen atoms in total. The van der Waals surface area contributed by atoms with Crippen LogP contribution in [0.2, 0.25) is 0 Å². The lowest BCUT2D eigenvalue weighted by Crippen LogP contribution is -2.31. The zero-order valence-electron chi connectivity index (χ0n) is 7.94. The van der Waals surface area contributed by atoms with Crippen molar-refractivity contribution in [1.82, 2.24) is 0 Å². The Morgan fingerprint density at radius 1 is 1.50 bits per heavy atom. The van der Waals surface area contributed by atoms with Gasteiger partial charge >= 0.3 is 0 Å². The standard InChI is InChI=1S/C11H17Cl/c1-10-5-3-9(4-6-10)11(10,2)7-8-12/h3,5,9H,4,6-8H2,1-2H3. The van der Waals surface area contributed by atoms with Crippen LogP contribution in [0.4, 0.5) is 0 Å². The summed E-state index contributed by atoms with van der Waals surface area (Å²) in [6, 6.07) is 0. The molecule has 0 heterocycles. The molecule has 12 heavy (non-hydrogen) atoms. The van der Waals surface area contributed by atoms with Crippen molar-refractivity contribution in [3.8, 4) is 0 Å². The lowest BCUT2D eigenvalue weighted by Gasteiger charge is -2.37. The molecule has 0 amide bonds. The second kappa shape index (κ2) is 2.51. The zero-order chi connectivity index (χ0) is 8.82. The summed E-state index contributed by atoms with van der Waals surface area (Å²) in [6.07, 6.45) is 8.74. The van der Waals surface area contributed by atoms with Crippen LogP contribution in [-0.2, 0) is 0 Å². The molecule has 2 aliphatic rings. The van der Waals surface area contributed by atoms with Crippen LogP contribution in [0, 0.1) is 16.7 Å². The summed E-state index contributed by atoms with van der Waals surface area (Å²) in [7, 11) is 0. The number of rotatable bonds is 2. The van der Waals surface area contributed by atoms with Gasteiger partial charge in [0.05, 0.1) is 0 Å². The molecule has 0 spiro atoms. The molecule has 0 aliphatic heterocycles. The lowest BCUT2D eigenvalue weighted by atomic mass is 9.67. The predicted molar refractivity (Wildman–Crippen MR) is 53.4 cm³/mol. The second-order valence-corrected chi connectivity index (χ2v) is 5.16. The molecule has 0 saturated heterocycles. The van der Waals surface area contributed by atoms with Crippen molar-refractivity contribution in [3.63, 3.8) is 0 Å². The number of allylic oxidation sites excluding steroid dienone is 2. The molecule has 0 aromatic carbocycles. The predicted octanol–water partition coefficient (Wildman–Crippen LogP) is 3.61. The molecule has 3 atom stereocenters. The van der Waals surface area contributed by atoms with Gasteiger partial charge in [-0.2, -0.15) is 0 Å². The van der Waals surface area contributed by atoms with Gasteiger partial charge in [-0.05, 0) is 36.0 Å². The van der Waals surface area contributed by atoms with Gasteiger partial charge in [0.1, 0.15) is 0 Å². The summed E-state index contributed by atoms with van der Waals surface area (Å²) in [6.45, 7) is 4.80. The fourth-order valence-corrected chi connectivity index (χ4v) is 3.45. The van der Waals surface area contributed by atoms with Crippen molar-refractivity contribution >= 4 is 11.6 Å².